The molecule has 0 saturated carbocycles. The van der Waals surface area contributed by atoms with Gasteiger partial charge in [0.15, 0.2) is 17.7 Å². The van der Waals surface area contributed by atoms with Crippen LogP contribution in [0.3, 0.4) is 0 Å². The summed E-state index contributed by atoms with van der Waals surface area (Å²) in [6.07, 6.45) is 0.431. The molecule has 7 nitrogen and oxygen atoms in total. The highest BCUT2D eigenvalue weighted by molar-refractivity contribution is 6.28. The largest absolute Gasteiger partial charge is 0.478 e. The van der Waals surface area contributed by atoms with Gasteiger partial charge in [0.05, 0.1) is 11.9 Å². The van der Waals surface area contributed by atoms with Gasteiger partial charge in [0, 0.05) is 18.7 Å². The molecule has 2 heterocycles. The highest BCUT2D eigenvalue weighted by Gasteiger charge is 2.27. The zero-order chi connectivity index (χ0) is 16.4. The van der Waals surface area contributed by atoms with E-state index in [1.54, 1.807) is 18.2 Å². The van der Waals surface area contributed by atoms with Crippen LogP contribution in [0, 0.1) is 5.82 Å². The minimum absolute atomic E-state index is 0.0776. The fraction of sp³-hybridized carbons (Fsp3) is 0.214. The lowest BCUT2D eigenvalue weighted by atomic mass is 10.1. The fourth-order valence-electron chi connectivity index (χ4n) is 2.11. The Morgan fingerprint density at radius 1 is 1.48 bits per heavy atom. The van der Waals surface area contributed by atoms with Crippen molar-refractivity contribution in [2.75, 3.05) is 17.2 Å². The van der Waals surface area contributed by atoms with Crippen LogP contribution in [-0.4, -0.2) is 33.7 Å². The molecule has 1 aromatic carbocycles. The van der Waals surface area contributed by atoms with Crippen molar-refractivity contribution in [3.63, 3.8) is 0 Å². The SMILES string of the molecule is O=C1Nc2cc(Nc3nc(Cl)ncc3F)ccc2OC1CCO. The second kappa shape index (κ2) is 6.35. The summed E-state index contributed by atoms with van der Waals surface area (Å²) >= 11 is 5.64. The van der Waals surface area contributed by atoms with Crippen LogP contribution in [0.1, 0.15) is 6.42 Å². The van der Waals surface area contributed by atoms with Crippen molar-refractivity contribution in [2.45, 2.75) is 12.5 Å². The number of aliphatic hydroxyl groups excluding tert-OH is 1. The first-order chi connectivity index (χ1) is 11.1. The third-order valence-corrected chi connectivity index (χ3v) is 3.35. The lowest BCUT2D eigenvalue weighted by Gasteiger charge is -2.25. The number of benzene rings is 1. The van der Waals surface area contributed by atoms with E-state index in [0.717, 1.165) is 6.20 Å². The third-order valence-electron chi connectivity index (χ3n) is 3.17. The van der Waals surface area contributed by atoms with Gasteiger partial charge in [-0.1, -0.05) is 0 Å². The van der Waals surface area contributed by atoms with Gasteiger partial charge in [-0.2, -0.15) is 4.98 Å². The van der Waals surface area contributed by atoms with Crippen LogP contribution in [0.4, 0.5) is 21.6 Å². The number of nitrogens with zero attached hydrogens (tertiary/aromatic N) is 2. The number of carbonyl (C=O) groups is 1. The molecule has 1 amide bonds. The van der Waals surface area contributed by atoms with Gasteiger partial charge in [-0.25, -0.2) is 9.37 Å². The van der Waals surface area contributed by atoms with Gasteiger partial charge in [-0.15, -0.1) is 0 Å². The molecule has 0 radical (unpaired) electrons. The van der Waals surface area contributed by atoms with Gasteiger partial charge in [-0.3, -0.25) is 4.79 Å². The van der Waals surface area contributed by atoms with Crippen LogP contribution >= 0.6 is 11.6 Å². The van der Waals surface area contributed by atoms with Crippen molar-refractivity contribution in [1.29, 1.82) is 0 Å². The van der Waals surface area contributed by atoms with Crippen LogP contribution in [0.15, 0.2) is 24.4 Å². The number of anilines is 3. The van der Waals surface area contributed by atoms with Crippen molar-refractivity contribution in [3.8, 4) is 5.75 Å². The van der Waals surface area contributed by atoms with E-state index in [9.17, 15) is 9.18 Å². The average Bonchev–Trinajstić information content (AvgIpc) is 2.52. The van der Waals surface area contributed by atoms with Crippen molar-refractivity contribution < 1.29 is 19.0 Å². The minimum Gasteiger partial charge on any atom is -0.478 e. The zero-order valence-electron chi connectivity index (χ0n) is 11.7. The Kier molecular flexibility index (Phi) is 4.26. The molecular formula is C14H12ClFN4O3. The van der Waals surface area contributed by atoms with E-state index in [-0.39, 0.29) is 30.0 Å². The molecule has 0 bridgehead atoms. The molecule has 0 aliphatic carbocycles. The number of hydrogen-bond acceptors (Lipinski definition) is 6. The summed E-state index contributed by atoms with van der Waals surface area (Å²) in [6, 6.07) is 4.85. The van der Waals surface area contributed by atoms with E-state index in [2.05, 4.69) is 20.6 Å². The Morgan fingerprint density at radius 3 is 3.09 bits per heavy atom. The lowest BCUT2D eigenvalue weighted by molar-refractivity contribution is -0.124. The van der Waals surface area contributed by atoms with Crippen LogP contribution in [-0.2, 0) is 4.79 Å². The number of carbonyl (C=O) groups excluding carboxylic acids is 1. The molecule has 120 valence electrons. The molecule has 1 aromatic heterocycles. The molecule has 1 atom stereocenters. The molecular weight excluding hydrogens is 327 g/mol. The van der Waals surface area contributed by atoms with Gasteiger partial charge >= 0.3 is 0 Å². The summed E-state index contributed by atoms with van der Waals surface area (Å²) in [4.78, 5) is 19.1. The zero-order valence-corrected chi connectivity index (χ0v) is 12.5. The quantitative estimate of drug-likeness (QED) is 0.739. The number of rotatable bonds is 4. The molecule has 1 unspecified atom stereocenters. The first-order valence-corrected chi connectivity index (χ1v) is 7.12. The maximum atomic E-state index is 13.6. The number of aromatic nitrogens is 2. The summed E-state index contributed by atoms with van der Waals surface area (Å²) in [6.45, 7) is -0.152. The number of ether oxygens (including phenoxy) is 1. The van der Waals surface area contributed by atoms with Crippen LogP contribution in [0.25, 0.3) is 0 Å². The molecule has 1 aliphatic heterocycles. The number of hydrogen-bond donors (Lipinski definition) is 3. The van der Waals surface area contributed by atoms with Crippen molar-refractivity contribution in [3.05, 3.63) is 35.5 Å². The number of amides is 1. The number of nitrogens with one attached hydrogen (secondary N) is 2. The summed E-state index contributed by atoms with van der Waals surface area (Å²) in [7, 11) is 0. The second-order valence-electron chi connectivity index (χ2n) is 4.78. The topological polar surface area (TPSA) is 96.4 Å². The van der Waals surface area contributed by atoms with Crippen LogP contribution in [0.2, 0.25) is 5.28 Å². The van der Waals surface area contributed by atoms with Crippen LogP contribution < -0.4 is 15.4 Å². The smallest absolute Gasteiger partial charge is 0.265 e. The first-order valence-electron chi connectivity index (χ1n) is 6.74. The number of fused-ring (bicyclic) bond motifs is 1. The van der Waals surface area contributed by atoms with Crippen molar-refractivity contribution >= 4 is 34.7 Å². The summed E-state index contributed by atoms with van der Waals surface area (Å²) < 4.78 is 19.1. The third kappa shape index (κ3) is 3.33. The summed E-state index contributed by atoms with van der Waals surface area (Å²) in [5, 5.41) is 14.3. The minimum atomic E-state index is -0.732. The average molecular weight is 339 g/mol. The molecule has 3 N–H and O–H groups in total. The lowest BCUT2D eigenvalue weighted by Crippen LogP contribution is -2.37. The van der Waals surface area contributed by atoms with Gasteiger partial charge in [-0.05, 0) is 29.8 Å². The summed E-state index contributed by atoms with van der Waals surface area (Å²) in [5.74, 6) is -0.615. The number of halogens is 2. The predicted molar refractivity (Wildman–Crippen MR) is 81.5 cm³/mol. The molecule has 0 fully saturated rings. The highest BCUT2D eigenvalue weighted by Crippen LogP contribution is 2.33. The van der Waals surface area contributed by atoms with Gasteiger partial charge in [0.25, 0.3) is 5.91 Å². The fourth-order valence-corrected chi connectivity index (χ4v) is 2.24. The van der Waals surface area contributed by atoms with Crippen LogP contribution in [0.5, 0.6) is 5.75 Å². The first kappa shape index (κ1) is 15.4. The molecule has 9 heteroatoms. The Bertz CT molecular complexity index is 759. The van der Waals surface area contributed by atoms with E-state index in [1.807, 2.05) is 0 Å². The molecule has 0 saturated heterocycles. The highest BCUT2D eigenvalue weighted by atomic mass is 35.5. The van der Waals surface area contributed by atoms with Gasteiger partial charge in [0.1, 0.15) is 5.75 Å². The monoisotopic (exact) mass is 338 g/mol. The number of aliphatic hydroxyl groups is 1. The normalized spacial score (nSPS) is 16.3. The Morgan fingerprint density at radius 2 is 2.30 bits per heavy atom. The standard InChI is InChI=1S/C14H12ClFN4O3/c15-14-17-6-8(16)12(20-14)18-7-1-2-10-9(5-7)19-13(22)11(23-10)3-4-21/h1-2,5-6,11,21H,3-4H2,(H,19,22)(H,17,18,20). The van der Waals surface area contributed by atoms with E-state index < -0.39 is 11.9 Å². The molecule has 23 heavy (non-hydrogen) atoms. The Labute approximate surface area is 135 Å². The molecule has 2 aromatic rings. The molecule has 3 rings (SSSR count). The predicted octanol–water partition coefficient (Wildman–Crippen LogP) is 2.09. The van der Waals surface area contributed by atoms with E-state index >= 15 is 0 Å². The summed E-state index contributed by atoms with van der Waals surface area (Å²) in [5.41, 5.74) is 0.927. The maximum Gasteiger partial charge on any atom is 0.265 e. The van der Waals surface area contributed by atoms with Gasteiger partial charge < -0.3 is 20.5 Å². The van der Waals surface area contributed by atoms with Gasteiger partial charge in [0.2, 0.25) is 5.28 Å². The second-order valence-corrected chi connectivity index (χ2v) is 5.12. The van der Waals surface area contributed by atoms with Crippen molar-refractivity contribution in [1.82, 2.24) is 9.97 Å². The van der Waals surface area contributed by atoms with E-state index in [4.69, 9.17) is 21.4 Å². The molecule has 1 aliphatic rings. The Hall–Kier alpha value is -2.45. The Balaban J connectivity index is 1.83. The molecule has 0 spiro atoms. The van der Waals surface area contributed by atoms with Crippen molar-refractivity contribution in [2.24, 2.45) is 0 Å². The van der Waals surface area contributed by atoms with E-state index in [1.165, 1.54) is 0 Å². The maximum absolute atomic E-state index is 13.6. The van der Waals surface area contributed by atoms with E-state index in [0.29, 0.717) is 17.1 Å².